The lowest BCUT2D eigenvalue weighted by atomic mass is 10.1. The van der Waals surface area contributed by atoms with Crippen LogP contribution in [0.4, 0.5) is 0 Å². The monoisotopic (exact) mass is 355 g/mol. The minimum absolute atomic E-state index is 0.173. The van der Waals surface area contributed by atoms with Gasteiger partial charge in [-0.2, -0.15) is 4.52 Å². The summed E-state index contributed by atoms with van der Waals surface area (Å²) in [5.74, 6) is 0. The van der Waals surface area contributed by atoms with E-state index in [2.05, 4.69) is 4.98 Å². The third-order valence-corrected chi connectivity index (χ3v) is 4.19. The van der Waals surface area contributed by atoms with Crippen LogP contribution in [0.15, 0.2) is 71.7 Å². The Bertz CT molecular complexity index is 1110. The molecule has 0 bridgehead atoms. The van der Waals surface area contributed by atoms with Crippen molar-refractivity contribution in [3.05, 3.63) is 87.3 Å². The molecule has 118 valence electrons. The highest BCUT2D eigenvalue weighted by Gasteiger charge is 2.14. The van der Waals surface area contributed by atoms with E-state index < -0.39 is 0 Å². The van der Waals surface area contributed by atoms with E-state index >= 15 is 0 Å². The third kappa shape index (κ3) is 2.50. The van der Waals surface area contributed by atoms with Gasteiger partial charge in [0.05, 0.1) is 11.4 Å². The van der Waals surface area contributed by atoms with Crippen molar-refractivity contribution in [3.8, 4) is 16.9 Å². The molecule has 4 rings (SSSR count). The molecule has 2 aromatic heterocycles. The molecule has 0 radical (unpaired) electrons. The van der Waals surface area contributed by atoms with E-state index in [0.717, 1.165) is 16.9 Å². The Morgan fingerprint density at radius 2 is 1.62 bits per heavy atom. The fourth-order valence-corrected chi connectivity index (χ4v) is 3.10. The van der Waals surface area contributed by atoms with Crippen molar-refractivity contribution in [2.45, 2.75) is 0 Å². The Morgan fingerprint density at radius 1 is 0.875 bits per heavy atom. The maximum atomic E-state index is 12.4. The second kappa shape index (κ2) is 5.82. The molecule has 24 heavy (non-hydrogen) atoms. The number of halogens is 2. The van der Waals surface area contributed by atoms with Crippen LogP contribution in [-0.2, 0) is 0 Å². The van der Waals surface area contributed by atoms with Crippen molar-refractivity contribution in [1.82, 2.24) is 14.2 Å². The average Bonchev–Trinajstić information content (AvgIpc) is 2.96. The molecule has 0 aliphatic heterocycles. The van der Waals surface area contributed by atoms with Gasteiger partial charge in [-0.05, 0) is 30.3 Å². The zero-order valence-electron chi connectivity index (χ0n) is 12.4. The summed E-state index contributed by atoms with van der Waals surface area (Å²) in [7, 11) is 0. The quantitative estimate of drug-likeness (QED) is 0.532. The predicted molar refractivity (Wildman–Crippen MR) is 96.2 cm³/mol. The second-order valence-corrected chi connectivity index (χ2v) is 6.16. The van der Waals surface area contributed by atoms with Crippen LogP contribution in [0.5, 0.6) is 0 Å². The number of fused-ring (bicyclic) bond motifs is 1. The molecule has 0 saturated carbocycles. The van der Waals surface area contributed by atoms with E-state index in [0.29, 0.717) is 15.7 Å². The Hall–Kier alpha value is -2.56. The maximum absolute atomic E-state index is 12.4. The molecule has 2 aromatic carbocycles. The summed E-state index contributed by atoms with van der Waals surface area (Å²) in [4.78, 5) is 16.7. The first-order valence-electron chi connectivity index (χ1n) is 7.25. The topological polar surface area (TPSA) is 39.3 Å². The largest absolute Gasteiger partial charge is 0.273 e. The van der Waals surface area contributed by atoms with Gasteiger partial charge in [-0.25, -0.2) is 9.67 Å². The minimum Gasteiger partial charge on any atom is -0.267 e. The Labute approximate surface area is 147 Å². The summed E-state index contributed by atoms with van der Waals surface area (Å²) in [5.41, 5.74) is 2.83. The molecule has 0 atom stereocenters. The first-order valence-corrected chi connectivity index (χ1v) is 8.01. The third-order valence-electron chi connectivity index (χ3n) is 3.72. The molecular weight excluding hydrogens is 345 g/mol. The molecule has 0 aliphatic rings. The predicted octanol–water partition coefficient (Wildman–Crippen LogP) is 4.46. The lowest BCUT2D eigenvalue weighted by molar-refractivity contribution is 0.770. The van der Waals surface area contributed by atoms with Gasteiger partial charge < -0.3 is 0 Å². The van der Waals surface area contributed by atoms with Gasteiger partial charge in [-0.3, -0.25) is 4.79 Å². The van der Waals surface area contributed by atoms with Crippen molar-refractivity contribution in [1.29, 1.82) is 0 Å². The van der Waals surface area contributed by atoms with Crippen molar-refractivity contribution in [2.75, 3.05) is 0 Å². The smallest absolute Gasteiger partial charge is 0.267 e. The van der Waals surface area contributed by atoms with Crippen LogP contribution in [0.25, 0.3) is 22.6 Å². The number of nitrogens with zero attached hydrogens (tertiary/aromatic N) is 3. The fraction of sp³-hybridized carbons (Fsp3) is 0. The van der Waals surface area contributed by atoms with Gasteiger partial charge in [0.1, 0.15) is 0 Å². The highest BCUT2D eigenvalue weighted by molar-refractivity contribution is 6.31. The van der Waals surface area contributed by atoms with E-state index in [1.54, 1.807) is 16.8 Å². The van der Waals surface area contributed by atoms with Crippen LogP contribution >= 0.6 is 23.2 Å². The summed E-state index contributed by atoms with van der Waals surface area (Å²) in [6.07, 6.45) is 1.50. The highest BCUT2D eigenvalue weighted by atomic mass is 35.5. The zero-order chi connectivity index (χ0) is 16.7. The summed E-state index contributed by atoms with van der Waals surface area (Å²) in [6, 6.07) is 18.1. The van der Waals surface area contributed by atoms with Crippen LogP contribution in [0.2, 0.25) is 10.0 Å². The SMILES string of the molecule is O=c1ccnc2cc(-c3cccc(Cl)c3)n(-c3cccc(Cl)c3)n12. The molecule has 0 amide bonds. The van der Waals surface area contributed by atoms with Crippen LogP contribution < -0.4 is 5.56 Å². The molecule has 0 spiro atoms. The molecule has 0 aliphatic carbocycles. The van der Waals surface area contributed by atoms with Gasteiger partial charge in [-0.1, -0.05) is 41.4 Å². The van der Waals surface area contributed by atoms with Crippen molar-refractivity contribution < 1.29 is 0 Å². The molecule has 0 N–H and O–H groups in total. The van der Waals surface area contributed by atoms with Crippen molar-refractivity contribution >= 4 is 28.8 Å². The number of hydrogen-bond acceptors (Lipinski definition) is 2. The maximum Gasteiger partial charge on any atom is 0.273 e. The lowest BCUT2D eigenvalue weighted by Gasteiger charge is -2.11. The highest BCUT2D eigenvalue weighted by Crippen LogP contribution is 2.28. The first-order chi connectivity index (χ1) is 11.6. The number of rotatable bonds is 2. The summed E-state index contributed by atoms with van der Waals surface area (Å²) < 4.78 is 3.31. The minimum atomic E-state index is -0.173. The van der Waals surface area contributed by atoms with Gasteiger partial charge in [0.2, 0.25) is 0 Å². The number of benzene rings is 2. The van der Waals surface area contributed by atoms with E-state index in [1.807, 2.05) is 42.5 Å². The van der Waals surface area contributed by atoms with E-state index in [4.69, 9.17) is 23.2 Å². The fourth-order valence-electron chi connectivity index (χ4n) is 2.72. The van der Waals surface area contributed by atoms with Gasteiger partial charge in [0.15, 0.2) is 5.65 Å². The van der Waals surface area contributed by atoms with E-state index in [1.165, 1.54) is 16.8 Å². The molecule has 0 unspecified atom stereocenters. The second-order valence-electron chi connectivity index (χ2n) is 5.28. The summed E-state index contributed by atoms with van der Waals surface area (Å²) in [5, 5.41) is 1.21. The van der Waals surface area contributed by atoms with Crippen LogP contribution in [0.3, 0.4) is 0 Å². The average molecular weight is 356 g/mol. The first kappa shape index (κ1) is 15.0. The van der Waals surface area contributed by atoms with Crippen LogP contribution in [-0.4, -0.2) is 14.2 Å². The molecule has 6 heteroatoms. The van der Waals surface area contributed by atoms with Gasteiger partial charge in [-0.15, -0.1) is 0 Å². The molecule has 0 saturated heterocycles. The lowest BCUT2D eigenvalue weighted by Crippen LogP contribution is -2.19. The molecular formula is C18H11Cl2N3O. The van der Waals surface area contributed by atoms with Gasteiger partial charge in [0, 0.05) is 33.9 Å². The molecule has 4 nitrogen and oxygen atoms in total. The molecule has 0 fully saturated rings. The van der Waals surface area contributed by atoms with Crippen molar-refractivity contribution in [3.63, 3.8) is 0 Å². The van der Waals surface area contributed by atoms with E-state index in [-0.39, 0.29) is 5.56 Å². The standard InChI is InChI=1S/C18H11Cl2N3O/c19-13-4-1-3-12(9-13)16-11-17-21-8-7-18(24)23(17)22(16)15-6-2-5-14(20)10-15/h1-11H. The van der Waals surface area contributed by atoms with Gasteiger partial charge >= 0.3 is 0 Å². The molecule has 2 heterocycles. The number of aromatic nitrogens is 3. The zero-order valence-corrected chi connectivity index (χ0v) is 13.9. The Balaban J connectivity index is 2.12. The van der Waals surface area contributed by atoms with Crippen LogP contribution in [0, 0.1) is 0 Å². The summed E-state index contributed by atoms with van der Waals surface area (Å²) in [6.45, 7) is 0. The van der Waals surface area contributed by atoms with E-state index in [9.17, 15) is 4.79 Å². The van der Waals surface area contributed by atoms with Crippen LogP contribution in [0.1, 0.15) is 0 Å². The van der Waals surface area contributed by atoms with Crippen molar-refractivity contribution in [2.24, 2.45) is 0 Å². The Morgan fingerprint density at radius 3 is 2.38 bits per heavy atom. The number of hydrogen-bond donors (Lipinski definition) is 0. The van der Waals surface area contributed by atoms with Gasteiger partial charge in [0.25, 0.3) is 5.56 Å². The Kier molecular flexibility index (Phi) is 3.63. The summed E-state index contributed by atoms with van der Waals surface area (Å²) >= 11 is 12.3. The normalized spacial score (nSPS) is 11.1. The molecule has 4 aromatic rings.